The van der Waals surface area contributed by atoms with Crippen molar-refractivity contribution in [3.8, 4) is 5.75 Å². The molecule has 33 heavy (non-hydrogen) atoms. The number of unbranched alkanes of at least 4 members (excludes halogenated alkanes) is 1. The molecule has 1 aromatic heterocycles. The van der Waals surface area contributed by atoms with Crippen LogP contribution in [0.4, 0.5) is 0 Å². The monoisotopic (exact) mass is 442 g/mol. The summed E-state index contributed by atoms with van der Waals surface area (Å²) in [6.07, 6.45) is 2.04. The molecule has 0 saturated carbocycles. The zero-order valence-corrected chi connectivity index (χ0v) is 18.8. The van der Waals surface area contributed by atoms with E-state index in [0.29, 0.717) is 40.0 Å². The van der Waals surface area contributed by atoms with Crippen LogP contribution in [-0.4, -0.2) is 18.4 Å². The van der Waals surface area contributed by atoms with Gasteiger partial charge in [-0.05, 0) is 61.4 Å². The van der Waals surface area contributed by atoms with Gasteiger partial charge in [0.2, 0.25) is 0 Å². The van der Waals surface area contributed by atoms with Crippen LogP contribution < -0.4 is 4.74 Å². The van der Waals surface area contributed by atoms with Crippen molar-refractivity contribution in [3.05, 3.63) is 101 Å². The summed E-state index contributed by atoms with van der Waals surface area (Å²) in [6, 6.07) is 21.6. The maximum Gasteiger partial charge on any atom is 0.338 e. The molecule has 0 amide bonds. The molecule has 5 heteroatoms. The number of esters is 1. The van der Waals surface area contributed by atoms with Gasteiger partial charge in [-0.25, -0.2) is 4.79 Å². The zero-order valence-electron chi connectivity index (χ0n) is 18.8. The second kappa shape index (κ2) is 10.2. The number of rotatable bonds is 9. The Morgan fingerprint density at radius 2 is 1.64 bits per heavy atom. The van der Waals surface area contributed by atoms with Gasteiger partial charge in [-0.1, -0.05) is 43.7 Å². The average Bonchev–Trinajstić information content (AvgIpc) is 3.18. The van der Waals surface area contributed by atoms with Gasteiger partial charge < -0.3 is 13.9 Å². The number of fused-ring (bicyclic) bond motifs is 1. The predicted octanol–water partition coefficient (Wildman–Crippen LogP) is 6.51. The highest BCUT2D eigenvalue weighted by atomic mass is 16.5. The fourth-order valence-corrected chi connectivity index (χ4v) is 3.62. The first-order chi connectivity index (χ1) is 16.1. The van der Waals surface area contributed by atoms with Crippen LogP contribution in [0.15, 0.2) is 77.2 Å². The standard InChI is InChI=1S/C28H26O5/c1-3-4-16-31-23-13-10-21(11-14-23)27(29)26-19(2)33-25-15-12-22(17-24(25)26)28(30)32-18-20-8-6-5-7-9-20/h5-15,17H,3-4,16,18H2,1-2H3. The van der Waals surface area contributed by atoms with Crippen LogP contribution >= 0.6 is 0 Å². The fourth-order valence-electron chi connectivity index (χ4n) is 3.62. The zero-order chi connectivity index (χ0) is 23.2. The molecule has 0 atom stereocenters. The first-order valence-corrected chi connectivity index (χ1v) is 11.1. The van der Waals surface area contributed by atoms with Crippen molar-refractivity contribution in [1.29, 1.82) is 0 Å². The minimum atomic E-state index is -0.452. The lowest BCUT2D eigenvalue weighted by atomic mass is 9.99. The van der Waals surface area contributed by atoms with Crippen LogP contribution in [0.3, 0.4) is 0 Å². The molecule has 3 aromatic carbocycles. The maximum absolute atomic E-state index is 13.3. The maximum atomic E-state index is 13.3. The van der Waals surface area contributed by atoms with Crippen molar-refractivity contribution in [1.82, 2.24) is 0 Å². The van der Waals surface area contributed by atoms with Gasteiger partial charge in [0.25, 0.3) is 0 Å². The number of furan rings is 1. The highest BCUT2D eigenvalue weighted by molar-refractivity contribution is 6.17. The number of hydrogen-bond donors (Lipinski definition) is 0. The Morgan fingerprint density at radius 3 is 2.36 bits per heavy atom. The fraction of sp³-hybridized carbons (Fsp3) is 0.214. The van der Waals surface area contributed by atoms with Gasteiger partial charge in [0.1, 0.15) is 23.7 Å². The van der Waals surface area contributed by atoms with Gasteiger partial charge in [0.05, 0.1) is 17.7 Å². The van der Waals surface area contributed by atoms with Crippen LogP contribution in [0, 0.1) is 6.92 Å². The van der Waals surface area contributed by atoms with Gasteiger partial charge >= 0.3 is 5.97 Å². The van der Waals surface area contributed by atoms with Crippen LogP contribution in [0.5, 0.6) is 5.75 Å². The number of hydrogen-bond acceptors (Lipinski definition) is 5. The molecule has 4 rings (SSSR count). The highest BCUT2D eigenvalue weighted by Gasteiger charge is 2.21. The average molecular weight is 443 g/mol. The van der Waals surface area contributed by atoms with E-state index in [1.165, 1.54) is 0 Å². The largest absolute Gasteiger partial charge is 0.494 e. The van der Waals surface area contributed by atoms with Crippen molar-refractivity contribution < 1.29 is 23.5 Å². The van der Waals surface area contributed by atoms with E-state index in [2.05, 4.69) is 6.92 Å². The SMILES string of the molecule is CCCCOc1ccc(C(=O)c2c(C)oc3ccc(C(=O)OCc4ccccc4)cc23)cc1. The van der Waals surface area contributed by atoms with Crippen molar-refractivity contribution in [2.75, 3.05) is 6.61 Å². The third-order valence-corrected chi connectivity index (χ3v) is 5.42. The van der Waals surface area contributed by atoms with Gasteiger partial charge in [-0.2, -0.15) is 0 Å². The van der Waals surface area contributed by atoms with Crippen LogP contribution in [0.2, 0.25) is 0 Å². The van der Waals surface area contributed by atoms with E-state index in [1.54, 1.807) is 49.4 Å². The first kappa shape index (κ1) is 22.3. The Morgan fingerprint density at radius 1 is 0.909 bits per heavy atom. The number of ether oxygens (including phenoxy) is 2. The molecule has 0 aliphatic carbocycles. The lowest BCUT2D eigenvalue weighted by Crippen LogP contribution is -2.06. The number of ketones is 1. The molecule has 0 bridgehead atoms. The smallest absolute Gasteiger partial charge is 0.338 e. The summed E-state index contributed by atoms with van der Waals surface area (Å²) in [7, 11) is 0. The van der Waals surface area contributed by atoms with Gasteiger partial charge in [0.15, 0.2) is 5.78 Å². The lowest BCUT2D eigenvalue weighted by molar-refractivity contribution is 0.0472. The molecule has 0 aliphatic heterocycles. The Balaban J connectivity index is 1.55. The highest BCUT2D eigenvalue weighted by Crippen LogP contribution is 2.29. The van der Waals surface area contributed by atoms with Crippen LogP contribution in [0.25, 0.3) is 11.0 Å². The van der Waals surface area contributed by atoms with Crippen LogP contribution in [-0.2, 0) is 11.3 Å². The molecule has 0 spiro atoms. The number of carbonyl (C=O) groups excluding carboxylic acids is 2. The number of carbonyl (C=O) groups is 2. The summed E-state index contributed by atoms with van der Waals surface area (Å²) in [5.74, 6) is 0.623. The summed E-state index contributed by atoms with van der Waals surface area (Å²) >= 11 is 0. The normalized spacial score (nSPS) is 10.8. The topological polar surface area (TPSA) is 65.7 Å². The molecule has 0 aliphatic rings. The molecular formula is C28H26O5. The summed E-state index contributed by atoms with van der Waals surface area (Å²) in [4.78, 5) is 25.9. The first-order valence-electron chi connectivity index (χ1n) is 11.1. The van der Waals surface area contributed by atoms with Gasteiger partial charge in [0, 0.05) is 10.9 Å². The van der Waals surface area contributed by atoms with Crippen LogP contribution in [0.1, 0.15) is 57.4 Å². The molecule has 0 fully saturated rings. The van der Waals surface area contributed by atoms with E-state index >= 15 is 0 Å². The van der Waals surface area contributed by atoms with Crippen molar-refractivity contribution in [3.63, 3.8) is 0 Å². The molecule has 5 nitrogen and oxygen atoms in total. The Hall–Kier alpha value is -3.86. The molecule has 0 radical (unpaired) electrons. The number of benzene rings is 3. The summed E-state index contributed by atoms with van der Waals surface area (Å²) < 4.78 is 16.9. The van der Waals surface area contributed by atoms with Crippen molar-refractivity contribution in [2.45, 2.75) is 33.3 Å². The Kier molecular flexibility index (Phi) is 6.89. The second-order valence-corrected chi connectivity index (χ2v) is 7.86. The van der Waals surface area contributed by atoms with E-state index in [1.807, 2.05) is 30.3 Å². The molecular weight excluding hydrogens is 416 g/mol. The molecule has 0 N–H and O–H groups in total. The lowest BCUT2D eigenvalue weighted by Gasteiger charge is -2.07. The minimum Gasteiger partial charge on any atom is -0.494 e. The summed E-state index contributed by atoms with van der Waals surface area (Å²) in [6.45, 7) is 4.69. The summed E-state index contributed by atoms with van der Waals surface area (Å²) in [5.41, 5.74) is 2.80. The summed E-state index contributed by atoms with van der Waals surface area (Å²) in [5, 5.41) is 0.593. The van der Waals surface area contributed by atoms with Crippen molar-refractivity contribution >= 4 is 22.7 Å². The third kappa shape index (κ3) is 5.14. The molecule has 4 aromatic rings. The van der Waals surface area contributed by atoms with Crippen molar-refractivity contribution in [2.24, 2.45) is 0 Å². The molecule has 0 saturated heterocycles. The predicted molar refractivity (Wildman–Crippen MR) is 127 cm³/mol. The van der Waals surface area contributed by atoms with E-state index in [9.17, 15) is 9.59 Å². The van der Waals surface area contributed by atoms with Gasteiger partial charge in [-0.3, -0.25) is 4.79 Å². The molecule has 168 valence electrons. The minimum absolute atomic E-state index is 0.166. The van der Waals surface area contributed by atoms with E-state index in [0.717, 1.165) is 24.2 Å². The second-order valence-electron chi connectivity index (χ2n) is 7.86. The molecule has 1 heterocycles. The third-order valence-electron chi connectivity index (χ3n) is 5.42. The number of aryl methyl sites for hydroxylation is 1. The van der Waals surface area contributed by atoms with E-state index in [-0.39, 0.29) is 12.4 Å². The quantitative estimate of drug-likeness (QED) is 0.168. The van der Waals surface area contributed by atoms with Gasteiger partial charge in [-0.15, -0.1) is 0 Å². The Bertz CT molecular complexity index is 1250. The van der Waals surface area contributed by atoms with E-state index in [4.69, 9.17) is 13.9 Å². The molecule has 0 unspecified atom stereocenters. The van der Waals surface area contributed by atoms with E-state index < -0.39 is 5.97 Å². The Labute approximate surface area is 192 Å².